The maximum Gasteiger partial charge on any atom is 0.480 e. The molecule has 70 valence electrons. The SMILES string of the molecule is [C-]#[N+]COP(=O)(OCC)OCC. The Kier molecular flexibility index (Phi) is 5.95. The lowest BCUT2D eigenvalue weighted by Gasteiger charge is -2.12. The predicted octanol–water partition coefficient (Wildman–Crippen LogP) is 2.06. The van der Waals surface area contributed by atoms with Gasteiger partial charge in [-0.1, -0.05) is 0 Å². The molecule has 0 aromatic heterocycles. The van der Waals surface area contributed by atoms with E-state index in [9.17, 15) is 4.57 Å². The van der Waals surface area contributed by atoms with Crippen LogP contribution in [0.4, 0.5) is 0 Å². The number of nitrogens with zero attached hydrogens (tertiary/aromatic N) is 1. The highest BCUT2D eigenvalue weighted by molar-refractivity contribution is 7.48. The van der Waals surface area contributed by atoms with Crippen LogP contribution in [0.5, 0.6) is 0 Å². The lowest BCUT2D eigenvalue weighted by atomic mass is 10.9. The first-order valence-corrected chi connectivity index (χ1v) is 5.01. The molecule has 0 saturated heterocycles. The Hall–Kier alpha value is -0.400. The molecule has 0 radical (unpaired) electrons. The van der Waals surface area contributed by atoms with E-state index in [1.165, 1.54) is 0 Å². The summed E-state index contributed by atoms with van der Waals surface area (Å²) in [5.41, 5.74) is 0. The van der Waals surface area contributed by atoms with Crippen molar-refractivity contribution in [1.82, 2.24) is 0 Å². The Morgan fingerprint density at radius 2 is 1.75 bits per heavy atom. The molecule has 0 rings (SSSR count). The van der Waals surface area contributed by atoms with Crippen molar-refractivity contribution >= 4 is 7.82 Å². The fraction of sp³-hybridized carbons (Fsp3) is 0.833. The fourth-order valence-corrected chi connectivity index (χ4v) is 1.58. The first kappa shape index (κ1) is 11.6. The molecule has 0 aromatic carbocycles. The number of hydrogen-bond acceptors (Lipinski definition) is 4. The third-order valence-corrected chi connectivity index (χ3v) is 2.44. The molecular formula is C6H12NO4P. The van der Waals surface area contributed by atoms with Gasteiger partial charge < -0.3 is 0 Å². The Morgan fingerprint density at radius 1 is 1.25 bits per heavy atom. The maximum atomic E-state index is 11.4. The van der Waals surface area contributed by atoms with Crippen molar-refractivity contribution in [2.75, 3.05) is 19.9 Å². The third-order valence-electron chi connectivity index (χ3n) is 0.855. The monoisotopic (exact) mass is 193 g/mol. The fourth-order valence-electron chi connectivity index (χ4n) is 0.528. The molecule has 0 aliphatic heterocycles. The van der Waals surface area contributed by atoms with Crippen molar-refractivity contribution in [3.05, 3.63) is 11.4 Å². The molecule has 0 fully saturated rings. The zero-order chi connectivity index (χ0) is 9.45. The normalized spacial score (nSPS) is 11.1. The van der Waals surface area contributed by atoms with Gasteiger partial charge in [0, 0.05) is 0 Å². The molecule has 0 N–H and O–H groups in total. The van der Waals surface area contributed by atoms with Crippen LogP contribution in [0.25, 0.3) is 4.85 Å². The van der Waals surface area contributed by atoms with Gasteiger partial charge in [0.1, 0.15) is 0 Å². The molecule has 0 bridgehead atoms. The van der Waals surface area contributed by atoms with Crippen molar-refractivity contribution in [3.8, 4) is 0 Å². The summed E-state index contributed by atoms with van der Waals surface area (Å²) in [5, 5.41) is 0. The predicted molar refractivity (Wildman–Crippen MR) is 43.4 cm³/mol. The van der Waals surface area contributed by atoms with E-state index in [-0.39, 0.29) is 19.9 Å². The Morgan fingerprint density at radius 3 is 2.08 bits per heavy atom. The molecule has 0 aromatic rings. The Bertz CT molecular complexity index is 190. The second-order valence-corrected chi connectivity index (χ2v) is 3.37. The van der Waals surface area contributed by atoms with Gasteiger partial charge in [0.05, 0.1) is 13.2 Å². The van der Waals surface area contributed by atoms with Crippen LogP contribution in [0.15, 0.2) is 0 Å². The molecule has 0 atom stereocenters. The van der Waals surface area contributed by atoms with E-state index >= 15 is 0 Å². The second-order valence-electron chi connectivity index (χ2n) is 1.70. The van der Waals surface area contributed by atoms with E-state index in [0.717, 1.165) is 0 Å². The van der Waals surface area contributed by atoms with Gasteiger partial charge in [-0.2, -0.15) is 0 Å². The molecule has 12 heavy (non-hydrogen) atoms. The molecular weight excluding hydrogens is 181 g/mol. The summed E-state index contributed by atoms with van der Waals surface area (Å²) in [6, 6.07) is 0. The van der Waals surface area contributed by atoms with Gasteiger partial charge in [-0.3, -0.25) is 13.9 Å². The smallest absolute Gasteiger partial charge is 0.287 e. The van der Waals surface area contributed by atoms with Crippen molar-refractivity contribution in [3.63, 3.8) is 0 Å². The summed E-state index contributed by atoms with van der Waals surface area (Å²) in [6.45, 7) is 9.92. The van der Waals surface area contributed by atoms with Crippen molar-refractivity contribution in [2.24, 2.45) is 0 Å². The van der Waals surface area contributed by atoms with Gasteiger partial charge >= 0.3 is 14.6 Å². The largest absolute Gasteiger partial charge is 0.480 e. The Balaban J connectivity index is 4.01. The van der Waals surface area contributed by atoms with Gasteiger partial charge in [0.2, 0.25) is 0 Å². The van der Waals surface area contributed by atoms with Gasteiger partial charge in [0.15, 0.2) is 0 Å². The molecule has 5 nitrogen and oxygen atoms in total. The standard InChI is InChI=1S/C6H12NO4P/c1-4-9-12(8,10-5-2)11-6-7-3/h4-6H2,1-2H3. The van der Waals surface area contributed by atoms with Crippen LogP contribution in [-0.4, -0.2) is 19.9 Å². The molecule has 0 saturated carbocycles. The van der Waals surface area contributed by atoms with E-state index in [2.05, 4.69) is 9.37 Å². The minimum absolute atomic E-state index is 0.231. The van der Waals surface area contributed by atoms with Gasteiger partial charge in [-0.15, -0.1) is 0 Å². The average molecular weight is 193 g/mol. The molecule has 0 spiro atoms. The van der Waals surface area contributed by atoms with Crippen LogP contribution in [0.1, 0.15) is 13.8 Å². The highest BCUT2D eigenvalue weighted by atomic mass is 31.2. The zero-order valence-corrected chi connectivity index (χ0v) is 8.04. The van der Waals surface area contributed by atoms with Crippen LogP contribution in [0.3, 0.4) is 0 Å². The highest BCUT2D eigenvalue weighted by Crippen LogP contribution is 2.48. The quantitative estimate of drug-likeness (QED) is 0.478. The van der Waals surface area contributed by atoms with E-state index in [4.69, 9.17) is 15.6 Å². The summed E-state index contributed by atoms with van der Waals surface area (Å²) >= 11 is 0. The van der Waals surface area contributed by atoms with Crippen molar-refractivity contribution < 1.29 is 18.1 Å². The van der Waals surface area contributed by atoms with Gasteiger partial charge in [0.25, 0.3) is 0 Å². The average Bonchev–Trinajstić information content (AvgIpc) is 2.02. The first-order chi connectivity index (χ1) is 5.68. The molecule has 0 unspecified atom stereocenters. The first-order valence-electron chi connectivity index (χ1n) is 3.55. The molecule has 0 aliphatic carbocycles. The van der Waals surface area contributed by atoms with Crippen LogP contribution >= 0.6 is 7.82 Å². The van der Waals surface area contributed by atoms with Crippen LogP contribution in [0.2, 0.25) is 0 Å². The zero-order valence-electron chi connectivity index (χ0n) is 7.15. The summed E-state index contributed by atoms with van der Waals surface area (Å²) in [5.74, 6) is 0. The minimum atomic E-state index is -3.45. The van der Waals surface area contributed by atoms with Gasteiger partial charge in [-0.05, 0) is 13.8 Å². The molecule has 0 aliphatic rings. The number of phosphoric acid groups is 1. The number of hydrogen-bond donors (Lipinski definition) is 0. The lowest BCUT2D eigenvalue weighted by Crippen LogP contribution is -1.99. The Labute approximate surface area is 72.1 Å². The van der Waals surface area contributed by atoms with Crippen LogP contribution < -0.4 is 0 Å². The number of rotatable bonds is 6. The molecule has 0 heterocycles. The second kappa shape index (κ2) is 6.15. The van der Waals surface area contributed by atoms with Crippen LogP contribution in [-0.2, 0) is 18.1 Å². The van der Waals surface area contributed by atoms with E-state index in [1.807, 2.05) is 0 Å². The third kappa shape index (κ3) is 4.47. The summed E-state index contributed by atoms with van der Waals surface area (Å²) < 4.78 is 25.5. The minimum Gasteiger partial charge on any atom is -0.287 e. The summed E-state index contributed by atoms with van der Waals surface area (Å²) in [6.07, 6.45) is 0. The maximum absolute atomic E-state index is 11.4. The van der Waals surface area contributed by atoms with Crippen molar-refractivity contribution in [2.45, 2.75) is 13.8 Å². The number of phosphoric ester groups is 1. The lowest BCUT2D eigenvalue weighted by molar-refractivity contribution is 0.130. The van der Waals surface area contributed by atoms with E-state index in [1.54, 1.807) is 13.8 Å². The molecule has 6 heteroatoms. The summed E-state index contributed by atoms with van der Waals surface area (Å²) in [4.78, 5) is 2.88. The van der Waals surface area contributed by atoms with E-state index < -0.39 is 7.82 Å². The highest BCUT2D eigenvalue weighted by Gasteiger charge is 2.26. The topological polar surface area (TPSA) is 49.1 Å². The van der Waals surface area contributed by atoms with Crippen LogP contribution in [0, 0.1) is 6.57 Å². The van der Waals surface area contributed by atoms with E-state index in [0.29, 0.717) is 0 Å². The van der Waals surface area contributed by atoms with Crippen molar-refractivity contribution in [1.29, 1.82) is 0 Å². The molecule has 0 amide bonds. The summed E-state index contributed by atoms with van der Waals surface area (Å²) in [7, 11) is -3.45. The van der Waals surface area contributed by atoms with Gasteiger partial charge in [-0.25, -0.2) is 15.7 Å².